The number of piperidine rings is 1. The Hall–Kier alpha value is -4.11. The Morgan fingerprint density at radius 3 is 3.03 bits per heavy atom. The Kier molecular flexibility index (Phi) is 5.44. The first kappa shape index (κ1) is 19.2. The number of hydrogen-bond donors (Lipinski definition) is 0. The van der Waals surface area contributed by atoms with Crippen LogP contribution in [0.4, 0.5) is 5.82 Å². The Morgan fingerprint density at radius 2 is 2.20 bits per heavy atom. The number of amides is 1. The number of imidazole rings is 1. The van der Waals surface area contributed by atoms with Crippen LogP contribution in [0.2, 0.25) is 0 Å². The maximum atomic E-state index is 12.0. The Bertz CT molecular complexity index is 1200. The smallest absolute Gasteiger partial charge is 0.236 e. The van der Waals surface area contributed by atoms with Crippen molar-refractivity contribution in [1.29, 1.82) is 10.5 Å². The zero-order chi connectivity index (χ0) is 20.9. The predicted molar refractivity (Wildman–Crippen MR) is 109 cm³/mol. The third-order valence-electron chi connectivity index (χ3n) is 4.96. The Balaban J connectivity index is 1.54. The molecule has 9 nitrogen and oxygen atoms in total. The number of aromatic nitrogens is 4. The van der Waals surface area contributed by atoms with Gasteiger partial charge >= 0.3 is 0 Å². The summed E-state index contributed by atoms with van der Waals surface area (Å²) in [6, 6.07) is 9.22. The van der Waals surface area contributed by atoms with Crippen molar-refractivity contribution in [3.63, 3.8) is 0 Å². The van der Waals surface area contributed by atoms with Gasteiger partial charge in [-0.05, 0) is 25.0 Å². The van der Waals surface area contributed by atoms with Gasteiger partial charge in [0.15, 0.2) is 11.6 Å². The lowest BCUT2D eigenvalue weighted by Gasteiger charge is -2.30. The molecule has 1 aliphatic rings. The van der Waals surface area contributed by atoms with Crippen LogP contribution in [0.5, 0.6) is 0 Å². The molecule has 1 fully saturated rings. The van der Waals surface area contributed by atoms with Gasteiger partial charge in [-0.1, -0.05) is 0 Å². The van der Waals surface area contributed by atoms with Crippen molar-refractivity contribution >= 4 is 23.6 Å². The van der Waals surface area contributed by atoms with Crippen LogP contribution in [0.1, 0.15) is 24.8 Å². The summed E-state index contributed by atoms with van der Waals surface area (Å²) < 4.78 is 1.78. The van der Waals surface area contributed by atoms with E-state index in [1.54, 1.807) is 46.1 Å². The van der Waals surface area contributed by atoms with Crippen LogP contribution in [-0.2, 0) is 4.79 Å². The molecule has 1 unspecified atom stereocenters. The van der Waals surface area contributed by atoms with E-state index in [1.165, 1.54) is 0 Å². The molecule has 0 aliphatic carbocycles. The molecule has 1 saturated heterocycles. The SMILES string of the molecule is N#CCC(=O)N1CCCC(C=Nc2ccnc(-c3cnc4ccc(C#N)cn34)n2)C1. The zero-order valence-corrected chi connectivity index (χ0v) is 16.1. The van der Waals surface area contributed by atoms with Gasteiger partial charge < -0.3 is 4.90 Å². The number of carbonyl (C=O) groups excluding carboxylic acids is 1. The fourth-order valence-electron chi connectivity index (χ4n) is 3.48. The van der Waals surface area contributed by atoms with Crippen molar-refractivity contribution in [3.8, 4) is 23.7 Å². The second-order valence-corrected chi connectivity index (χ2v) is 6.99. The molecule has 0 spiro atoms. The van der Waals surface area contributed by atoms with Gasteiger partial charge in [-0.2, -0.15) is 10.5 Å². The van der Waals surface area contributed by atoms with E-state index in [0.717, 1.165) is 12.8 Å². The molecule has 1 amide bonds. The number of aliphatic imine (C=N–C) groups is 1. The van der Waals surface area contributed by atoms with Crippen LogP contribution in [-0.4, -0.2) is 49.5 Å². The molecule has 3 aromatic rings. The molecule has 9 heteroatoms. The van der Waals surface area contributed by atoms with Gasteiger partial charge in [0.05, 0.1) is 17.8 Å². The molecule has 1 aliphatic heterocycles. The largest absolute Gasteiger partial charge is 0.341 e. The second-order valence-electron chi connectivity index (χ2n) is 6.99. The minimum absolute atomic E-state index is 0.0913. The first-order chi connectivity index (χ1) is 14.7. The molecular weight excluding hydrogens is 380 g/mol. The summed E-state index contributed by atoms with van der Waals surface area (Å²) in [6.45, 7) is 1.24. The highest BCUT2D eigenvalue weighted by atomic mass is 16.2. The number of fused-ring (bicyclic) bond motifs is 1. The summed E-state index contributed by atoms with van der Waals surface area (Å²) in [7, 11) is 0. The van der Waals surface area contributed by atoms with Gasteiger partial charge in [0.1, 0.15) is 23.8 Å². The van der Waals surface area contributed by atoms with Crippen LogP contribution in [0.25, 0.3) is 17.2 Å². The molecule has 4 heterocycles. The Morgan fingerprint density at radius 1 is 1.30 bits per heavy atom. The molecule has 4 rings (SSSR count). The van der Waals surface area contributed by atoms with E-state index >= 15 is 0 Å². The number of hydrogen-bond acceptors (Lipinski definition) is 7. The number of carbonyl (C=O) groups is 1. The van der Waals surface area contributed by atoms with E-state index < -0.39 is 0 Å². The van der Waals surface area contributed by atoms with Crippen LogP contribution in [0, 0.1) is 28.6 Å². The first-order valence-electron chi connectivity index (χ1n) is 9.57. The summed E-state index contributed by atoms with van der Waals surface area (Å²) in [6.07, 6.45) is 8.54. The van der Waals surface area contributed by atoms with E-state index in [4.69, 9.17) is 10.5 Å². The van der Waals surface area contributed by atoms with Crippen LogP contribution < -0.4 is 0 Å². The van der Waals surface area contributed by atoms with E-state index in [0.29, 0.717) is 41.6 Å². The lowest BCUT2D eigenvalue weighted by molar-refractivity contribution is -0.131. The second kappa shape index (κ2) is 8.50. The Labute approximate surface area is 173 Å². The van der Waals surface area contributed by atoms with Crippen molar-refractivity contribution in [1.82, 2.24) is 24.3 Å². The quantitative estimate of drug-likeness (QED) is 0.622. The fourth-order valence-corrected chi connectivity index (χ4v) is 3.48. The van der Waals surface area contributed by atoms with Gasteiger partial charge in [0.25, 0.3) is 0 Å². The highest BCUT2D eigenvalue weighted by Gasteiger charge is 2.22. The van der Waals surface area contributed by atoms with Crippen LogP contribution >= 0.6 is 0 Å². The molecule has 30 heavy (non-hydrogen) atoms. The van der Waals surface area contributed by atoms with E-state index in [9.17, 15) is 4.79 Å². The maximum Gasteiger partial charge on any atom is 0.236 e. The number of likely N-dealkylation sites (tertiary alicyclic amines) is 1. The minimum Gasteiger partial charge on any atom is -0.341 e. The fraction of sp³-hybridized carbons (Fsp3) is 0.286. The van der Waals surface area contributed by atoms with Crippen molar-refractivity contribution in [2.24, 2.45) is 10.9 Å². The van der Waals surface area contributed by atoms with E-state index in [2.05, 4.69) is 26.0 Å². The number of pyridine rings is 1. The highest BCUT2D eigenvalue weighted by Crippen LogP contribution is 2.21. The molecule has 3 aromatic heterocycles. The summed E-state index contributed by atoms with van der Waals surface area (Å²) in [5, 5.41) is 17.9. The monoisotopic (exact) mass is 398 g/mol. The molecular formula is C21H18N8O. The highest BCUT2D eigenvalue weighted by molar-refractivity contribution is 5.79. The van der Waals surface area contributed by atoms with Gasteiger partial charge in [-0.25, -0.2) is 19.9 Å². The van der Waals surface area contributed by atoms with Crippen molar-refractivity contribution < 1.29 is 4.79 Å². The molecule has 0 bridgehead atoms. The van der Waals surface area contributed by atoms with Crippen molar-refractivity contribution in [2.45, 2.75) is 19.3 Å². The molecule has 148 valence electrons. The molecule has 0 aromatic carbocycles. The molecule has 0 N–H and O–H groups in total. The van der Waals surface area contributed by atoms with Gasteiger partial charge in [0, 0.05) is 43.7 Å². The van der Waals surface area contributed by atoms with Crippen LogP contribution in [0.15, 0.2) is 41.8 Å². The standard InChI is InChI=1S/C21H18N8O/c22-7-5-20(30)28-9-1-2-16(13-28)11-25-18-6-8-24-21(27-18)17-12-26-19-4-3-15(10-23)14-29(17)19/h3-4,6,8,11-12,14,16H,1-2,5,9,13H2. The molecule has 0 saturated carbocycles. The normalized spacial score (nSPS) is 16.5. The van der Waals surface area contributed by atoms with E-state index in [-0.39, 0.29) is 18.2 Å². The third-order valence-corrected chi connectivity index (χ3v) is 4.96. The van der Waals surface area contributed by atoms with Gasteiger partial charge in [-0.3, -0.25) is 9.20 Å². The average Bonchev–Trinajstić information content (AvgIpc) is 3.21. The summed E-state index contributed by atoms with van der Waals surface area (Å²) in [5.41, 5.74) is 1.89. The maximum absolute atomic E-state index is 12.0. The average molecular weight is 398 g/mol. The van der Waals surface area contributed by atoms with Crippen LogP contribution in [0.3, 0.4) is 0 Å². The van der Waals surface area contributed by atoms with Crippen molar-refractivity contribution in [3.05, 3.63) is 42.4 Å². The number of nitrogens with zero attached hydrogens (tertiary/aromatic N) is 8. The predicted octanol–water partition coefficient (Wildman–Crippen LogP) is 2.52. The van der Waals surface area contributed by atoms with Gasteiger partial charge in [-0.15, -0.1) is 0 Å². The van der Waals surface area contributed by atoms with E-state index in [1.807, 2.05) is 12.3 Å². The number of rotatable bonds is 4. The lowest BCUT2D eigenvalue weighted by atomic mass is 9.99. The van der Waals surface area contributed by atoms with Gasteiger partial charge in [0.2, 0.25) is 5.91 Å². The molecule has 0 radical (unpaired) electrons. The summed E-state index contributed by atoms with van der Waals surface area (Å²) in [4.78, 5) is 31.3. The van der Waals surface area contributed by atoms with Crippen molar-refractivity contribution in [2.75, 3.05) is 13.1 Å². The number of nitriles is 2. The molecule has 1 atom stereocenters. The third kappa shape index (κ3) is 4.01. The summed E-state index contributed by atoms with van der Waals surface area (Å²) >= 11 is 0. The summed E-state index contributed by atoms with van der Waals surface area (Å²) in [5.74, 6) is 0.951. The topological polar surface area (TPSA) is 123 Å². The minimum atomic E-state index is -0.135. The zero-order valence-electron chi connectivity index (χ0n) is 16.1. The first-order valence-corrected chi connectivity index (χ1v) is 9.57. The lowest BCUT2D eigenvalue weighted by Crippen LogP contribution is -2.40.